The Balaban J connectivity index is 0.000000318. The average Bonchev–Trinajstić information content (AvgIpc) is 2.79. The van der Waals surface area contributed by atoms with Gasteiger partial charge in [-0.1, -0.05) is 55.4 Å². The standard InChI is InChI=1S/C14H26N2O.C12H18N2O.C2H6/c1-9(2)14(10(3)4)13(11(5)8-15)12(16)6-7-17-14;1-8(2)12(4)11-9(3)13-7-14-10(11)5-6-15-12;1-2/h8-10H,6-7,15-16H2,1-5H3;7-8H,5-6H2,1-4H3;1-2H3/b11-8-;;. The van der Waals surface area contributed by atoms with Gasteiger partial charge in [0.05, 0.1) is 30.1 Å². The number of nitrogens with two attached hydrogens (primary N) is 2. The summed E-state index contributed by atoms with van der Waals surface area (Å²) in [6.07, 6.45) is 4.99. The van der Waals surface area contributed by atoms with Crippen LogP contribution in [0.5, 0.6) is 0 Å². The van der Waals surface area contributed by atoms with E-state index in [1.165, 1.54) is 5.56 Å². The van der Waals surface area contributed by atoms with Gasteiger partial charge >= 0.3 is 0 Å². The lowest BCUT2D eigenvalue weighted by atomic mass is 9.70. The van der Waals surface area contributed by atoms with Crippen LogP contribution in [0.25, 0.3) is 0 Å². The summed E-state index contributed by atoms with van der Waals surface area (Å²) in [6, 6.07) is 0. The van der Waals surface area contributed by atoms with Crippen molar-refractivity contribution in [2.45, 2.75) is 100 Å². The lowest BCUT2D eigenvalue weighted by Crippen LogP contribution is -2.49. The number of fused-ring (bicyclic) bond motifs is 1. The van der Waals surface area contributed by atoms with Gasteiger partial charge in [0.1, 0.15) is 6.33 Å². The maximum atomic E-state index is 6.21. The van der Waals surface area contributed by atoms with Gasteiger partial charge in [-0.05, 0) is 50.3 Å². The van der Waals surface area contributed by atoms with Gasteiger partial charge in [0, 0.05) is 35.4 Å². The Morgan fingerprint density at radius 1 is 0.971 bits per heavy atom. The maximum Gasteiger partial charge on any atom is 0.115 e. The van der Waals surface area contributed by atoms with Crippen LogP contribution in [-0.4, -0.2) is 28.8 Å². The molecule has 0 saturated heterocycles. The van der Waals surface area contributed by atoms with Crippen LogP contribution in [0.4, 0.5) is 0 Å². The molecular formula is C28H50N4O2. The molecule has 1 atom stereocenters. The zero-order valence-electron chi connectivity index (χ0n) is 23.6. The topological polar surface area (TPSA) is 96.3 Å². The number of hydrogen-bond donors (Lipinski definition) is 2. The van der Waals surface area contributed by atoms with Crippen molar-refractivity contribution in [2.24, 2.45) is 29.2 Å². The first-order valence-electron chi connectivity index (χ1n) is 12.9. The maximum absolute atomic E-state index is 6.21. The van der Waals surface area contributed by atoms with Crippen molar-refractivity contribution >= 4 is 0 Å². The fourth-order valence-corrected chi connectivity index (χ4v) is 5.25. The molecule has 0 aromatic carbocycles. The van der Waals surface area contributed by atoms with Crippen LogP contribution in [0.3, 0.4) is 0 Å². The second-order valence-corrected chi connectivity index (χ2v) is 10.1. The molecule has 194 valence electrons. The molecular weight excluding hydrogens is 424 g/mol. The fourth-order valence-electron chi connectivity index (χ4n) is 5.25. The number of hydrogen-bond acceptors (Lipinski definition) is 6. The van der Waals surface area contributed by atoms with Crippen LogP contribution >= 0.6 is 0 Å². The van der Waals surface area contributed by atoms with Crippen LogP contribution in [0.15, 0.2) is 29.4 Å². The summed E-state index contributed by atoms with van der Waals surface area (Å²) in [6.45, 7) is 24.7. The number of rotatable bonds is 4. The van der Waals surface area contributed by atoms with Crippen LogP contribution in [0, 0.1) is 24.7 Å². The van der Waals surface area contributed by atoms with Gasteiger partial charge in [0.2, 0.25) is 0 Å². The van der Waals surface area contributed by atoms with Crippen molar-refractivity contribution < 1.29 is 9.47 Å². The van der Waals surface area contributed by atoms with E-state index in [4.69, 9.17) is 20.9 Å². The first-order chi connectivity index (χ1) is 15.9. The minimum Gasteiger partial charge on any atom is -0.404 e. The first-order valence-corrected chi connectivity index (χ1v) is 12.9. The molecule has 6 heteroatoms. The molecule has 0 amide bonds. The van der Waals surface area contributed by atoms with Crippen LogP contribution in [0.2, 0.25) is 0 Å². The van der Waals surface area contributed by atoms with E-state index in [9.17, 15) is 0 Å². The van der Waals surface area contributed by atoms with E-state index < -0.39 is 0 Å². The molecule has 4 N–H and O–H groups in total. The average molecular weight is 475 g/mol. The SMILES string of the molecule is C/C(=C/N)C1=C(N)CCOC1(C(C)C)C(C)C.CC.Cc1ncnc2c1C(C)(C(C)C)OCC2. The van der Waals surface area contributed by atoms with Crippen LogP contribution in [0.1, 0.15) is 92.6 Å². The third kappa shape index (κ3) is 5.83. The molecule has 1 aromatic heterocycles. The van der Waals surface area contributed by atoms with Gasteiger partial charge in [-0.3, -0.25) is 0 Å². The van der Waals surface area contributed by atoms with Crippen molar-refractivity contribution in [3.05, 3.63) is 46.3 Å². The van der Waals surface area contributed by atoms with E-state index in [-0.39, 0.29) is 11.2 Å². The molecule has 2 aliphatic heterocycles. The summed E-state index contributed by atoms with van der Waals surface area (Å²) >= 11 is 0. The Bertz CT molecular complexity index is 850. The van der Waals surface area contributed by atoms with E-state index in [2.05, 4.69) is 58.4 Å². The van der Waals surface area contributed by atoms with Crippen molar-refractivity contribution in [3.63, 3.8) is 0 Å². The van der Waals surface area contributed by atoms with E-state index in [0.29, 0.717) is 24.4 Å². The highest BCUT2D eigenvalue weighted by Crippen LogP contribution is 2.44. The Morgan fingerprint density at radius 3 is 2.03 bits per heavy atom. The van der Waals surface area contributed by atoms with E-state index in [1.807, 2.05) is 27.7 Å². The molecule has 34 heavy (non-hydrogen) atoms. The summed E-state index contributed by atoms with van der Waals surface area (Å²) in [5.41, 5.74) is 17.8. The van der Waals surface area contributed by atoms with Crippen molar-refractivity contribution in [1.29, 1.82) is 0 Å². The Hall–Kier alpha value is -1.92. The molecule has 0 saturated carbocycles. The Labute approximate surface area is 208 Å². The molecule has 1 aromatic rings. The number of nitrogens with zero attached hydrogens (tertiary/aromatic N) is 2. The monoisotopic (exact) mass is 474 g/mol. The van der Waals surface area contributed by atoms with Crippen LogP contribution < -0.4 is 11.5 Å². The predicted octanol–water partition coefficient (Wildman–Crippen LogP) is 5.79. The summed E-state index contributed by atoms with van der Waals surface area (Å²) in [5.74, 6) is 1.17. The van der Waals surface area contributed by atoms with E-state index in [0.717, 1.165) is 47.7 Å². The van der Waals surface area contributed by atoms with Gasteiger partial charge in [0.25, 0.3) is 0 Å². The second-order valence-electron chi connectivity index (χ2n) is 10.1. The summed E-state index contributed by atoms with van der Waals surface area (Å²) in [4.78, 5) is 8.65. The molecule has 0 spiro atoms. The smallest absolute Gasteiger partial charge is 0.115 e. The molecule has 0 fully saturated rings. The molecule has 1 unspecified atom stereocenters. The molecule has 2 aliphatic rings. The zero-order valence-corrected chi connectivity index (χ0v) is 23.6. The van der Waals surface area contributed by atoms with E-state index >= 15 is 0 Å². The number of ether oxygens (including phenoxy) is 2. The normalized spacial score (nSPS) is 22.1. The van der Waals surface area contributed by atoms with E-state index in [1.54, 1.807) is 12.5 Å². The lowest BCUT2D eigenvalue weighted by molar-refractivity contribution is -0.0882. The lowest BCUT2D eigenvalue weighted by Gasteiger charge is -2.46. The third-order valence-corrected chi connectivity index (χ3v) is 7.24. The molecule has 3 rings (SSSR count). The summed E-state index contributed by atoms with van der Waals surface area (Å²) in [7, 11) is 0. The van der Waals surface area contributed by atoms with Crippen molar-refractivity contribution in [1.82, 2.24) is 9.97 Å². The van der Waals surface area contributed by atoms with Gasteiger partial charge in [-0.2, -0.15) is 0 Å². The minimum atomic E-state index is -0.303. The quantitative estimate of drug-likeness (QED) is 0.573. The van der Waals surface area contributed by atoms with Crippen molar-refractivity contribution in [3.8, 4) is 0 Å². The summed E-state index contributed by atoms with van der Waals surface area (Å²) < 4.78 is 12.1. The molecule has 0 aliphatic carbocycles. The molecule has 3 heterocycles. The highest BCUT2D eigenvalue weighted by Gasteiger charge is 2.45. The second kappa shape index (κ2) is 12.7. The number of aryl methyl sites for hydroxylation is 1. The summed E-state index contributed by atoms with van der Waals surface area (Å²) in [5, 5.41) is 0. The third-order valence-electron chi connectivity index (χ3n) is 7.24. The van der Waals surface area contributed by atoms with Gasteiger partial charge < -0.3 is 20.9 Å². The highest BCUT2D eigenvalue weighted by molar-refractivity contribution is 5.42. The Kier molecular flexibility index (Phi) is 11.2. The fraction of sp³-hybridized carbons (Fsp3) is 0.714. The van der Waals surface area contributed by atoms with Gasteiger partial charge in [-0.25, -0.2) is 9.97 Å². The molecule has 6 nitrogen and oxygen atoms in total. The van der Waals surface area contributed by atoms with Crippen LogP contribution in [-0.2, 0) is 21.5 Å². The largest absolute Gasteiger partial charge is 0.404 e. The molecule has 0 bridgehead atoms. The van der Waals surface area contributed by atoms with Gasteiger partial charge in [0.15, 0.2) is 0 Å². The van der Waals surface area contributed by atoms with Gasteiger partial charge in [-0.15, -0.1) is 0 Å². The first kappa shape index (κ1) is 30.1. The highest BCUT2D eigenvalue weighted by atomic mass is 16.5. The predicted molar refractivity (Wildman–Crippen MR) is 142 cm³/mol. The Morgan fingerprint density at radius 2 is 1.53 bits per heavy atom. The molecule has 0 radical (unpaired) electrons. The minimum absolute atomic E-state index is 0.223. The van der Waals surface area contributed by atoms with Crippen molar-refractivity contribution in [2.75, 3.05) is 13.2 Å². The number of aromatic nitrogens is 2. The zero-order chi connectivity index (χ0) is 26.3.